The Morgan fingerprint density at radius 3 is 2.43 bits per heavy atom. The number of benzene rings is 2. The summed E-state index contributed by atoms with van der Waals surface area (Å²) in [6, 6.07) is 20.1. The van der Waals surface area contributed by atoms with Crippen LogP contribution in [0, 0.1) is 11.3 Å². The van der Waals surface area contributed by atoms with Gasteiger partial charge in [-0.1, -0.05) is 55.3 Å². The van der Waals surface area contributed by atoms with E-state index in [9.17, 15) is 4.79 Å². The average molecular weight is 376 g/mol. The number of hydrogen-bond acceptors (Lipinski definition) is 3. The lowest BCUT2D eigenvalue weighted by molar-refractivity contribution is -0.134. The minimum Gasteiger partial charge on any atom is -0.341 e. The second-order valence-electron chi connectivity index (χ2n) is 7.64. The summed E-state index contributed by atoms with van der Waals surface area (Å²) < 4.78 is 0. The molecule has 1 aliphatic rings. The van der Waals surface area contributed by atoms with E-state index < -0.39 is 0 Å². The van der Waals surface area contributed by atoms with Crippen LogP contribution < -0.4 is 5.32 Å². The van der Waals surface area contributed by atoms with E-state index in [0.29, 0.717) is 18.0 Å². The van der Waals surface area contributed by atoms with Gasteiger partial charge >= 0.3 is 0 Å². The van der Waals surface area contributed by atoms with Gasteiger partial charge in [-0.05, 0) is 55.5 Å². The average Bonchev–Trinajstić information content (AvgIpc) is 3.28. The number of nitrogens with zero attached hydrogens (tertiary/aromatic N) is 2. The van der Waals surface area contributed by atoms with E-state index in [0.717, 1.165) is 31.4 Å². The summed E-state index contributed by atoms with van der Waals surface area (Å²) in [6.45, 7) is 0.759. The zero-order valence-electron chi connectivity index (χ0n) is 16.6. The fourth-order valence-corrected chi connectivity index (χ4v) is 3.95. The maximum Gasteiger partial charge on any atom is 0.240 e. The molecule has 1 aliphatic carbocycles. The van der Waals surface area contributed by atoms with Crippen molar-refractivity contribution in [3.8, 4) is 6.07 Å². The van der Waals surface area contributed by atoms with Crippen LogP contribution in [0.25, 0.3) is 0 Å². The molecule has 1 N–H and O–H groups in total. The highest BCUT2D eigenvalue weighted by Crippen LogP contribution is 2.23. The number of nitriles is 1. The highest BCUT2D eigenvalue weighted by atomic mass is 16.2. The molecule has 1 amide bonds. The van der Waals surface area contributed by atoms with Crippen molar-refractivity contribution in [2.45, 2.75) is 50.6 Å². The van der Waals surface area contributed by atoms with E-state index >= 15 is 0 Å². The SMILES string of the molecule is CN(C(=O)[C@H](Cc1ccc(C#N)cc1)NCCc1ccccc1)C1CCCC1. The highest BCUT2D eigenvalue weighted by molar-refractivity contribution is 5.82. The standard InChI is InChI=1S/C24H29N3O/c1-27(22-9-5-6-10-22)24(28)23(17-20-11-13-21(18-25)14-12-20)26-16-15-19-7-3-2-4-8-19/h2-4,7-8,11-14,22-23,26H,5-6,9-10,15-17H2,1H3/t23-/m0/s1. The molecule has 4 heteroatoms. The van der Waals surface area contributed by atoms with Gasteiger partial charge in [0.25, 0.3) is 0 Å². The van der Waals surface area contributed by atoms with Crippen molar-refractivity contribution < 1.29 is 4.79 Å². The monoisotopic (exact) mass is 375 g/mol. The zero-order chi connectivity index (χ0) is 19.8. The molecular weight excluding hydrogens is 346 g/mol. The number of hydrogen-bond donors (Lipinski definition) is 1. The first-order valence-electron chi connectivity index (χ1n) is 10.2. The van der Waals surface area contributed by atoms with E-state index in [-0.39, 0.29) is 11.9 Å². The number of carbonyl (C=O) groups excluding carboxylic acids is 1. The summed E-state index contributed by atoms with van der Waals surface area (Å²) >= 11 is 0. The first-order chi connectivity index (χ1) is 13.7. The summed E-state index contributed by atoms with van der Waals surface area (Å²) in [7, 11) is 1.95. The lowest BCUT2D eigenvalue weighted by atomic mass is 10.0. The summed E-state index contributed by atoms with van der Waals surface area (Å²) in [6.07, 6.45) is 6.17. The molecule has 0 aliphatic heterocycles. The smallest absolute Gasteiger partial charge is 0.240 e. The van der Waals surface area contributed by atoms with Gasteiger partial charge in [-0.2, -0.15) is 5.26 Å². The molecule has 28 heavy (non-hydrogen) atoms. The lowest BCUT2D eigenvalue weighted by Gasteiger charge is -2.29. The Bertz CT molecular complexity index is 789. The third-order valence-corrected chi connectivity index (χ3v) is 5.69. The maximum absolute atomic E-state index is 13.2. The molecule has 2 aromatic carbocycles. The molecule has 1 fully saturated rings. The number of amides is 1. The van der Waals surface area contributed by atoms with Crippen LogP contribution in [-0.2, 0) is 17.6 Å². The van der Waals surface area contributed by atoms with Gasteiger partial charge in [-0.25, -0.2) is 0 Å². The second-order valence-corrected chi connectivity index (χ2v) is 7.64. The van der Waals surface area contributed by atoms with E-state index in [1.807, 2.05) is 54.4 Å². The molecule has 3 rings (SSSR count). The Kier molecular flexibility index (Phi) is 7.22. The van der Waals surface area contributed by atoms with Crippen molar-refractivity contribution in [1.29, 1.82) is 5.26 Å². The van der Waals surface area contributed by atoms with Crippen LogP contribution in [0.3, 0.4) is 0 Å². The Hall–Kier alpha value is -2.64. The summed E-state index contributed by atoms with van der Waals surface area (Å²) in [4.78, 5) is 15.2. The highest BCUT2D eigenvalue weighted by Gasteiger charge is 2.28. The van der Waals surface area contributed by atoms with Gasteiger partial charge in [-0.3, -0.25) is 4.79 Å². The second kappa shape index (κ2) is 10.1. The van der Waals surface area contributed by atoms with Crippen LogP contribution in [0.4, 0.5) is 0 Å². The van der Waals surface area contributed by atoms with Crippen molar-refractivity contribution in [1.82, 2.24) is 10.2 Å². The third kappa shape index (κ3) is 5.43. The van der Waals surface area contributed by atoms with Gasteiger partial charge in [0.1, 0.15) is 0 Å². The van der Waals surface area contributed by atoms with Gasteiger partial charge in [0.15, 0.2) is 0 Å². The fourth-order valence-electron chi connectivity index (χ4n) is 3.95. The van der Waals surface area contributed by atoms with Crippen LogP contribution in [0.2, 0.25) is 0 Å². The van der Waals surface area contributed by atoms with Crippen molar-refractivity contribution >= 4 is 5.91 Å². The van der Waals surface area contributed by atoms with E-state index in [4.69, 9.17) is 5.26 Å². The van der Waals surface area contributed by atoms with E-state index in [1.54, 1.807) is 0 Å². The summed E-state index contributed by atoms with van der Waals surface area (Å²) in [5, 5.41) is 12.5. The molecule has 0 bridgehead atoms. The van der Waals surface area contributed by atoms with Gasteiger partial charge in [0, 0.05) is 13.1 Å². The van der Waals surface area contributed by atoms with Crippen molar-refractivity contribution in [2.24, 2.45) is 0 Å². The molecular formula is C24H29N3O. The van der Waals surface area contributed by atoms with E-state index in [1.165, 1.54) is 18.4 Å². The van der Waals surface area contributed by atoms with Gasteiger partial charge in [-0.15, -0.1) is 0 Å². The summed E-state index contributed by atoms with van der Waals surface area (Å²) in [5.74, 6) is 0.171. The summed E-state index contributed by atoms with van der Waals surface area (Å²) in [5.41, 5.74) is 2.99. The molecule has 0 radical (unpaired) electrons. The van der Waals surface area contributed by atoms with E-state index in [2.05, 4.69) is 23.5 Å². The Balaban J connectivity index is 1.66. The van der Waals surface area contributed by atoms with Crippen molar-refractivity contribution in [3.05, 3.63) is 71.3 Å². The largest absolute Gasteiger partial charge is 0.341 e. The van der Waals surface area contributed by atoms with Gasteiger partial charge in [0.2, 0.25) is 5.91 Å². The number of carbonyl (C=O) groups is 1. The number of nitrogens with one attached hydrogen (secondary N) is 1. The molecule has 0 heterocycles. The number of rotatable bonds is 8. The number of likely N-dealkylation sites (N-methyl/N-ethyl adjacent to an activating group) is 1. The molecule has 1 atom stereocenters. The molecule has 4 nitrogen and oxygen atoms in total. The first-order valence-corrected chi connectivity index (χ1v) is 10.2. The maximum atomic E-state index is 13.2. The van der Waals surface area contributed by atoms with Crippen LogP contribution in [-0.4, -0.2) is 36.5 Å². The quantitative estimate of drug-likeness (QED) is 0.765. The van der Waals surface area contributed by atoms with Crippen molar-refractivity contribution in [2.75, 3.05) is 13.6 Å². The van der Waals surface area contributed by atoms with Crippen LogP contribution >= 0.6 is 0 Å². The molecule has 146 valence electrons. The Labute approximate surface area is 168 Å². The molecule has 0 spiro atoms. The first kappa shape index (κ1) is 20.1. The zero-order valence-corrected chi connectivity index (χ0v) is 16.6. The Morgan fingerprint density at radius 1 is 1.11 bits per heavy atom. The fraction of sp³-hybridized carbons (Fsp3) is 0.417. The van der Waals surface area contributed by atoms with Crippen molar-refractivity contribution in [3.63, 3.8) is 0 Å². The van der Waals surface area contributed by atoms with Crippen LogP contribution in [0.5, 0.6) is 0 Å². The molecule has 0 unspecified atom stereocenters. The molecule has 2 aromatic rings. The molecule has 0 aromatic heterocycles. The van der Waals surface area contributed by atoms with Gasteiger partial charge in [0.05, 0.1) is 17.7 Å². The Morgan fingerprint density at radius 2 is 1.79 bits per heavy atom. The predicted molar refractivity (Wildman–Crippen MR) is 112 cm³/mol. The van der Waals surface area contributed by atoms with Gasteiger partial charge < -0.3 is 10.2 Å². The minimum atomic E-state index is -0.248. The van der Waals surface area contributed by atoms with Crippen LogP contribution in [0.15, 0.2) is 54.6 Å². The lowest BCUT2D eigenvalue weighted by Crippen LogP contribution is -2.49. The molecule has 1 saturated carbocycles. The molecule has 0 saturated heterocycles. The predicted octanol–water partition coefficient (Wildman–Crippen LogP) is 3.70. The minimum absolute atomic E-state index is 0.171. The third-order valence-electron chi connectivity index (χ3n) is 5.69. The van der Waals surface area contributed by atoms with Crippen LogP contribution in [0.1, 0.15) is 42.4 Å². The topological polar surface area (TPSA) is 56.1 Å². The normalized spacial score (nSPS) is 15.1.